The fraction of sp³-hybridized carbons (Fsp3) is 0.0625. The maximum Gasteiger partial charge on any atom is 0.276 e. The molecule has 0 aliphatic carbocycles. The van der Waals surface area contributed by atoms with Gasteiger partial charge < -0.3 is 15.1 Å². The van der Waals surface area contributed by atoms with Gasteiger partial charge in [-0.15, -0.1) is 10.2 Å². The van der Waals surface area contributed by atoms with Crippen LogP contribution in [0.5, 0.6) is 0 Å². The molecule has 0 fully saturated rings. The Hall–Kier alpha value is -3.22. The molecule has 2 N–H and O–H groups in total. The lowest BCUT2D eigenvalue weighted by Crippen LogP contribution is -2.14. The minimum Gasteiger partial charge on any atom is -0.467 e. The van der Waals surface area contributed by atoms with Crippen LogP contribution in [-0.4, -0.2) is 16.1 Å². The highest BCUT2D eigenvalue weighted by Gasteiger charge is 2.09. The Morgan fingerprint density at radius 2 is 1.91 bits per heavy atom. The summed E-state index contributed by atoms with van der Waals surface area (Å²) in [5.41, 5.74) is 0.649. The number of hydrogen-bond donors (Lipinski definition) is 2. The van der Waals surface area contributed by atoms with Gasteiger partial charge in [-0.1, -0.05) is 0 Å². The van der Waals surface area contributed by atoms with Crippen LogP contribution in [0, 0.1) is 5.82 Å². The van der Waals surface area contributed by atoms with Gasteiger partial charge in [0, 0.05) is 5.69 Å². The number of nitrogens with zero attached hydrogens (tertiary/aromatic N) is 2. The van der Waals surface area contributed by atoms with Gasteiger partial charge in [0.25, 0.3) is 5.91 Å². The second-order valence-corrected chi connectivity index (χ2v) is 4.70. The van der Waals surface area contributed by atoms with E-state index in [9.17, 15) is 9.18 Å². The Morgan fingerprint density at radius 3 is 2.57 bits per heavy atom. The van der Waals surface area contributed by atoms with Gasteiger partial charge in [-0.3, -0.25) is 4.79 Å². The van der Waals surface area contributed by atoms with Crippen molar-refractivity contribution in [3.8, 4) is 0 Å². The van der Waals surface area contributed by atoms with E-state index >= 15 is 0 Å². The Labute approximate surface area is 131 Å². The Balaban J connectivity index is 1.59. The highest BCUT2D eigenvalue weighted by atomic mass is 19.1. The summed E-state index contributed by atoms with van der Waals surface area (Å²) < 4.78 is 18.0. The first kappa shape index (κ1) is 14.7. The van der Waals surface area contributed by atoms with E-state index < -0.39 is 5.91 Å². The van der Waals surface area contributed by atoms with Gasteiger partial charge in [0.15, 0.2) is 5.69 Å². The van der Waals surface area contributed by atoms with E-state index in [0.29, 0.717) is 18.1 Å². The molecule has 1 aromatic carbocycles. The van der Waals surface area contributed by atoms with Gasteiger partial charge in [-0.05, 0) is 48.5 Å². The van der Waals surface area contributed by atoms with Gasteiger partial charge >= 0.3 is 0 Å². The molecule has 0 bridgehead atoms. The number of carbonyl (C=O) groups is 1. The first-order chi connectivity index (χ1) is 11.2. The first-order valence-electron chi connectivity index (χ1n) is 6.87. The quantitative estimate of drug-likeness (QED) is 0.757. The summed E-state index contributed by atoms with van der Waals surface area (Å²) in [6.45, 7) is 0.475. The first-order valence-corrected chi connectivity index (χ1v) is 6.87. The van der Waals surface area contributed by atoms with Crippen molar-refractivity contribution >= 4 is 17.4 Å². The zero-order valence-electron chi connectivity index (χ0n) is 12.0. The van der Waals surface area contributed by atoms with Crippen LogP contribution in [0.2, 0.25) is 0 Å². The van der Waals surface area contributed by atoms with Gasteiger partial charge in [0.2, 0.25) is 0 Å². The molecule has 0 aliphatic rings. The minimum absolute atomic E-state index is 0.165. The summed E-state index contributed by atoms with van der Waals surface area (Å²) in [6, 6.07) is 12.3. The SMILES string of the molecule is O=C(Nc1ccc(F)cc1)c1ccc(NCc2ccco2)nn1. The topological polar surface area (TPSA) is 80.0 Å². The molecule has 0 saturated carbocycles. The van der Waals surface area contributed by atoms with Crippen LogP contribution in [0.4, 0.5) is 15.9 Å². The van der Waals surface area contributed by atoms with Crippen molar-refractivity contribution in [3.05, 3.63) is 72.1 Å². The second kappa shape index (κ2) is 6.69. The third kappa shape index (κ3) is 3.91. The summed E-state index contributed by atoms with van der Waals surface area (Å²) in [4.78, 5) is 12.0. The number of amides is 1. The third-order valence-electron chi connectivity index (χ3n) is 3.02. The zero-order valence-corrected chi connectivity index (χ0v) is 12.0. The van der Waals surface area contributed by atoms with Crippen molar-refractivity contribution in [2.45, 2.75) is 6.54 Å². The Morgan fingerprint density at radius 1 is 1.09 bits per heavy atom. The number of rotatable bonds is 5. The van der Waals surface area contributed by atoms with Crippen LogP contribution in [-0.2, 0) is 6.54 Å². The Bertz CT molecular complexity index is 771. The smallest absolute Gasteiger partial charge is 0.276 e. The maximum absolute atomic E-state index is 12.8. The van der Waals surface area contributed by atoms with Crippen molar-refractivity contribution in [2.24, 2.45) is 0 Å². The molecule has 0 unspecified atom stereocenters. The fourth-order valence-electron chi connectivity index (χ4n) is 1.87. The average Bonchev–Trinajstić information content (AvgIpc) is 3.09. The number of aromatic nitrogens is 2. The van der Waals surface area contributed by atoms with Crippen LogP contribution in [0.15, 0.2) is 59.2 Å². The van der Waals surface area contributed by atoms with E-state index in [1.54, 1.807) is 24.5 Å². The van der Waals surface area contributed by atoms with E-state index in [0.717, 1.165) is 5.76 Å². The molecule has 23 heavy (non-hydrogen) atoms. The summed E-state index contributed by atoms with van der Waals surface area (Å²) in [6.07, 6.45) is 1.59. The predicted octanol–water partition coefficient (Wildman–Crippen LogP) is 3.07. The number of benzene rings is 1. The molecule has 0 radical (unpaired) electrons. The summed E-state index contributed by atoms with van der Waals surface area (Å²) in [5, 5.41) is 13.4. The molecule has 0 saturated heterocycles. The zero-order chi connectivity index (χ0) is 16.1. The molecule has 116 valence electrons. The summed E-state index contributed by atoms with van der Waals surface area (Å²) in [7, 11) is 0. The number of furan rings is 1. The molecule has 0 atom stereocenters. The van der Waals surface area contributed by atoms with E-state index in [1.807, 2.05) is 6.07 Å². The lowest BCUT2D eigenvalue weighted by Gasteiger charge is -2.05. The molecule has 6 nitrogen and oxygen atoms in total. The van der Waals surface area contributed by atoms with Crippen LogP contribution in [0.3, 0.4) is 0 Å². The van der Waals surface area contributed by atoms with Gasteiger partial charge in [-0.2, -0.15) is 0 Å². The predicted molar refractivity (Wildman–Crippen MR) is 82.4 cm³/mol. The average molecular weight is 312 g/mol. The largest absolute Gasteiger partial charge is 0.467 e. The molecule has 7 heteroatoms. The molecule has 1 amide bonds. The van der Waals surface area contributed by atoms with E-state index in [-0.39, 0.29) is 11.5 Å². The molecule has 2 aromatic heterocycles. The maximum atomic E-state index is 12.8. The molecule has 3 rings (SSSR count). The number of halogens is 1. The second-order valence-electron chi connectivity index (χ2n) is 4.70. The number of anilines is 2. The van der Waals surface area contributed by atoms with Gasteiger partial charge in [0.1, 0.15) is 17.4 Å². The van der Waals surface area contributed by atoms with Gasteiger partial charge in [0.05, 0.1) is 12.8 Å². The van der Waals surface area contributed by atoms with Crippen molar-refractivity contribution in [1.29, 1.82) is 0 Å². The van der Waals surface area contributed by atoms with Crippen molar-refractivity contribution in [3.63, 3.8) is 0 Å². The number of nitrogens with one attached hydrogen (secondary N) is 2. The van der Waals surface area contributed by atoms with Crippen LogP contribution in [0.25, 0.3) is 0 Å². The van der Waals surface area contributed by atoms with Crippen molar-refractivity contribution < 1.29 is 13.6 Å². The summed E-state index contributed by atoms with van der Waals surface area (Å²) in [5.74, 6) is 0.515. The third-order valence-corrected chi connectivity index (χ3v) is 3.02. The summed E-state index contributed by atoms with van der Waals surface area (Å²) >= 11 is 0. The highest BCUT2D eigenvalue weighted by Crippen LogP contribution is 2.11. The lowest BCUT2D eigenvalue weighted by atomic mass is 10.3. The molecule has 2 heterocycles. The van der Waals surface area contributed by atoms with Crippen LogP contribution in [0.1, 0.15) is 16.2 Å². The van der Waals surface area contributed by atoms with E-state index in [2.05, 4.69) is 20.8 Å². The van der Waals surface area contributed by atoms with Crippen LogP contribution >= 0.6 is 0 Å². The van der Waals surface area contributed by atoms with Crippen molar-refractivity contribution in [1.82, 2.24) is 10.2 Å². The number of hydrogen-bond acceptors (Lipinski definition) is 5. The van der Waals surface area contributed by atoms with Gasteiger partial charge in [-0.25, -0.2) is 4.39 Å². The fourth-order valence-corrected chi connectivity index (χ4v) is 1.87. The van der Waals surface area contributed by atoms with E-state index in [1.165, 1.54) is 24.3 Å². The Kier molecular flexibility index (Phi) is 4.28. The molecule has 0 spiro atoms. The number of carbonyl (C=O) groups excluding carboxylic acids is 1. The molecule has 0 aliphatic heterocycles. The molecule has 3 aromatic rings. The standard InChI is InChI=1S/C16H13FN4O2/c17-11-3-5-12(6-4-11)19-16(22)14-7-8-15(21-20-14)18-10-13-2-1-9-23-13/h1-9H,10H2,(H,18,21)(H,19,22). The lowest BCUT2D eigenvalue weighted by molar-refractivity contribution is 0.102. The highest BCUT2D eigenvalue weighted by molar-refractivity contribution is 6.02. The van der Waals surface area contributed by atoms with E-state index in [4.69, 9.17) is 4.42 Å². The van der Waals surface area contributed by atoms with Crippen LogP contribution < -0.4 is 10.6 Å². The molecular formula is C16H13FN4O2. The van der Waals surface area contributed by atoms with Crippen molar-refractivity contribution in [2.75, 3.05) is 10.6 Å². The minimum atomic E-state index is -0.415. The monoisotopic (exact) mass is 312 g/mol. The normalized spacial score (nSPS) is 10.3. The molecular weight excluding hydrogens is 299 g/mol.